The van der Waals surface area contributed by atoms with Crippen molar-refractivity contribution in [2.45, 2.75) is 62.4 Å². The van der Waals surface area contributed by atoms with Crippen molar-refractivity contribution < 1.29 is 9.59 Å². The molecule has 0 spiro atoms. The Kier molecular flexibility index (Phi) is 6.99. The quantitative estimate of drug-likeness (QED) is 0.820. The largest absolute Gasteiger partial charge is 0.315 e. The van der Waals surface area contributed by atoms with E-state index in [1.54, 1.807) is 0 Å². The van der Waals surface area contributed by atoms with Crippen molar-refractivity contribution in [3.63, 3.8) is 0 Å². The topological polar surface area (TPSA) is 72.2 Å². The van der Waals surface area contributed by atoms with Gasteiger partial charge in [-0.1, -0.05) is 73.5 Å². The standard InChI is InChI=1S/C13H17NO.C12H15NO/c1-14-13(10-6-5-9-12(13)15)11-7-3-2-4-8-11;13-12(9-5-4-8-11(12)14)10-6-2-1-3-7-10/h2-4,7-8,14H,5-6,9-10H2,1H3;1-3,6-7H,4-5,8-9,13H2/t13-;12-/m10/s1. The Morgan fingerprint density at radius 2 is 1.24 bits per heavy atom. The van der Waals surface area contributed by atoms with Crippen LogP contribution in [-0.2, 0) is 20.7 Å². The number of benzene rings is 2. The summed E-state index contributed by atoms with van der Waals surface area (Å²) in [6.07, 6.45) is 7.25. The van der Waals surface area contributed by atoms with Crippen LogP contribution in [-0.4, -0.2) is 18.6 Å². The van der Waals surface area contributed by atoms with Crippen molar-refractivity contribution >= 4 is 11.6 Å². The molecular formula is C25H32N2O2. The summed E-state index contributed by atoms with van der Waals surface area (Å²) >= 11 is 0. The lowest BCUT2D eigenvalue weighted by Gasteiger charge is -2.36. The summed E-state index contributed by atoms with van der Waals surface area (Å²) in [5.41, 5.74) is 7.12. The van der Waals surface area contributed by atoms with Gasteiger partial charge in [-0.3, -0.25) is 9.59 Å². The summed E-state index contributed by atoms with van der Waals surface area (Å²) in [4.78, 5) is 23.9. The molecule has 2 aliphatic carbocycles. The van der Waals surface area contributed by atoms with Crippen molar-refractivity contribution in [1.82, 2.24) is 5.32 Å². The highest BCUT2D eigenvalue weighted by Crippen LogP contribution is 2.34. The summed E-state index contributed by atoms with van der Waals surface area (Å²) in [5.74, 6) is 0.525. The fourth-order valence-corrected chi connectivity index (χ4v) is 4.56. The third-order valence-corrected chi connectivity index (χ3v) is 6.39. The molecule has 2 aromatic rings. The van der Waals surface area contributed by atoms with Gasteiger partial charge in [0.1, 0.15) is 11.1 Å². The van der Waals surface area contributed by atoms with Gasteiger partial charge < -0.3 is 11.1 Å². The minimum Gasteiger partial charge on any atom is -0.315 e. The zero-order chi connectivity index (χ0) is 20.7. The molecule has 154 valence electrons. The van der Waals surface area contributed by atoms with Crippen LogP contribution in [0.4, 0.5) is 0 Å². The molecule has 2 aromatic carbocycles. The van der Waals surface area contributed by atoms with E-state index in [1.807, 2.05) is 67.7 Å². The minimum atomic E-state index is -0.709. The summed E-state index contributed by atoms with van der Waals surface area (Å²) in [6.45, 7) is 0. The number of Topliss-reactive ketones (excluding diaryl/α,β-unsaturated/α-hetero) is 2. The van der Waals surface area contributed by atoms with E-state index < -0.39 is 11.1 Å². The van der Waals surface area contributed by atoms with Gasteiger partial charge in [0.25, 0.3) is 0 Å². The van der Waals surface area contributed by atoms with Crippen molar-refractivity contribution in [2.75, 3.05) is 7.05 Å². The number of hydrogen-bond acceptors (Lipinski definition) is 4. The Balaban J connectivity index is 0.000000166. The molecule has 4 heteroatoms. The first kappa shape index (κ1) is 21.4. The van der Waals surface area contributed by atoms with E-state index in [2.05, 4.69) is 5.32 Å². The maximum Gasteiger partial charge on any atom is 0.157 e. The van der Waals surface area contributed by atoms with Crippen LogP contribution in [0.15, 0.2) is 60.7 Å². The molecule has 0 aliphatic heterocycles. The van der Waals surface area contributed by atoms with Gasteiger partial charge in [0.15, 0.2) is 11.6 Å². The van der Waals surface area contributed by atoms with Gasteiger partial charge in [-0.25, -0.2) is 0 Å². The molecule has 0 aromatic heterocycles. The summed E-state index contributed by atoms with van der Waals surface area (Å²) < 4.78 is 0. The molecule has 2 aliphatic rings. The number of hydrogen-bond donors (Lipinski definition) is 2. The Morgan fingerprint density at radius 1 is 0.724 bits per heavy atom. The van der Waals surface area contributed by atoms with Crippen LogP contribution in [0, 0.1) is 0 Å². The molecule has 3 N–H and O–H groups in total. The molecule has 0 unspecified atom stereocenters. The highest BCUT2D eigenvalue weighted by atomic mass is 16.1. The Morgan fingerprint density at radius 3 is 1.76 bits per heavy atom. The number of carbonyl (C=O) groups excluding carboxylic acids is 2. The molecule has 0 saturated heterocycles. The van der Waals surface area contributed by atoms with Crippen molar-refractivity contribution in [3.8, 4) is 0 Å². The lowest BCUT2D eigenvalue weighted by Crippen LogP contribution is -2.49. The smallest absolute Gasteiger partial charge is 0.157 e. The second kappa shape index (κ2) is 9.47. The number of likely N-dealkylation sites (N-methyl/N-ethyl adjacent to an activating group) is 1. The van der Waals surface area contributed by atoms with E-state index >= 15 is 0 Å². The van der Waals surface area contributed by atoms with Crippen LogP contribution in [0.3, 0.4) is 0 Å². The molecule has 0 heterocycles. The van der Waals surface area contributed by atoms with Crippen molar-refractivity contribution in [2.24, 2.45) is 5.73 Å². The molecular weight excluding hydrogens is 360 g/mol. The van der Waals surface area contributed by atoms with Crippen LogP contribution in [0.25, 0.3) is 0 Å². The average Bonchev–Trinajstić information content (AvgIpc) is 2.78. The monoisotopic (exact) mass is 392 g/mol. The minimum absolute atomic E-state index is 0.190. The SMILES string of the molecule is CN[C@@]1(c2ccccc2)CCCCC1=O.N[C@]1(c2ccccc2)CCCCC1=O. The number of carbonyl (C=O) groups is 2. The van der Waals surface area contributed by atoms with E-state index in [-0.39, 0.29) is 5.78 Å². The fourth-order valence-electron chi connectivity index (χ4n) is 4.56. The normalized spacial score (nSPS) is 27.1. The van der Waals surface area contributed by atoms with E-state index in [0.29, 0.717) is 18.6 Å². The number of nitrogens with two attached hydrogens (primary N) is 1. The van der Waals surface area contributed by atoms with Gasteiger partial charge in [0, 0.05) is 12.8 Å². The maximum absolute atomic E-state index is 12.1. The Hall–Kier alpha value is -2.30. The van der Waals surface area contributed by atoms with Crippen LogP contribution >= 0.6 is 0 Å². The molecule has 2 saturated carbocycles. The second-order valence-corrected chi connectivity index (χ2v) is 8.12. The molecule has 0 radical (unpaired) electrons. The highest BCUT2D eigenvalue weighted by molar-refractivity contribution is 5.90. The molecule has 2 atom stereocenters. The number of rotatable bonds is 3. The molecule has 2 fully saturated rings. The van der Waals surface area contributed by atoms with Gasteiger partial charge in [0.2, 0.25) is 0 Å². The molecule has 4 rings (SSSR count). The Bertz CT molecular complexity index is 821. The lowest BCUT2D eigenvalue weighted by molar-refractivity contribution is -0.128. The van der Waals surface area contributed by atoms with Crippen molar-refractivity contribution in [1.29, 1.82) is 0 Å². The summed E-state index contributed by atoms with van der Waals surface area (Å²) in [6, 6.07) is 19.8. The highest BCUT2D eigenvalue weighted by Gasteiger charge is 2.39. The zero-order valence-electron chi connectivity index (χ0n) is 17.3. The van der Waals surface area contributed by atoms with Crippen LogP contribution < -0.4 is 11.1 Å². The fraction of sp³-hybridized carbons (Fsp3) is 0.440. The predicted molar refractivity (Wildman–Crippen MR) is 116 cm³/mol. The molecule has 0 amide bonds. The summed E-state index contributed by atoms with van der Waals surface area (Å²) in [5, 5.41) is 3.23. The van der Waals surface area contributed by atoms with Crippen LogP contribution in [0.5, 0.6) is 0 Å². The molecule has 29 heavy (non-hydrogen) atoms. The van der Waals surface area contributed by atoms with E-state index in [0.717, 1.165) is 49.7 Å². The average molecular weight is 393 g/mol. The lowest BCUT2D eigenvalue weighted by atomic mass is 9.76. The molecule has 4 nitrogen and oxygen atoms in total. The molecule has 0 bridgehead atoms. The first-order valence-corrected chi connectivity index (χ1v) is 10.7. The Labute approximate surface area is 173 Å². The van der Waals surface area contributed by atoms with E-state index in [9.17, 15) is 9.59 Å². The van der Waals surface area contributed by atoms with E-state index in [4.69, 9.17) is 5.73 Å². The number of nitrogens with one attached hydrogen (secondary N) is 1. The van der Waals surface area contributed by atoms with Crippen LogP contribution in [0.2, 0.25) is 0 Å². The first-order chi connectivity index (χ1) is 14.0. The maximum atomic E-state index is 12.1. The van der Waals surface area contributed by atoms with Gasteiger partial charge >= 0.3 is 0 Å². The van der Waals surface area contributed by atoms with E-state index in [1.165, 1.54) is 0 Å². The third kappa shape index (κ3) is 4.49. The van der Waals surface area contributed by atoms with Crippen LogP contribution in [0.1, 0.15) is 62.5 Å². The van der Waals surface area contributed by atoms with Gasteiger partial charge in [-0.2, -0.15) is 0 Å². The summed E-state index contributed by atoms with van der Waals surface area (Å²) in [7, 11) is 1.89. The van der Waals surface area contributed by atoms with Crippen molar-refractivity contribution in [3.05, 3.63) is 71.8 Å². The zero-order valence-corrected chi connectivity index (χ0v) is 17.3. The van der Waals surface area contributed by atoms with Gasteiger partial charge in [0.05, 0.1) is 0 Å². The van der Waals surface area contributed by atoms with Gasteiger partial charge in [-0.05, 0) is 43.9 Å². The predicted octanol–water partition coefficient (Wildman–Crippen LogP) is 4.23. The first-order valence-electron chi connectivity index (χ1n) is 10.7. The second-order valence-electron chi connectivity index (χ2n) is 8.12. The third-order valence-electron chi connectivity index (χ3n) is 6.39. The number of ketones is 2. The van der Waals surface area contributed by atoms with Gasteiger partial charge in [-0.15, -0.1) is 0 Å².